The molecule has 0 spiro atoms. The van der Waals surface area contributed by atoms with Crippen LogP contribution in [0.4, 0.5) is 0 Å². The van der Waals surface area contributed by atoms with Gasteiger partial charge in [0.05, 0.1) is 5.41 Å². The Labute approximate surface area is 151 Å². The molecule has 1 aliphatic rings. The zero-order valence-electron chi connectivity index (χ0n) is 14.1. The van der Waals surface area contributed by atoms with E-state index >= 15 is 0 Å². The van der Waals surface area contributed by atoms with Gasteiger partial charge in [0.1, 0.15) is 6.04 Å². The molecule has 1 atom stereocenters. The lowest BCUT2D eigenvalue weighted by Gasteiger charge is -2.20. The lowest BCUT2D eigenvalue weighted by molar-refractivity contribution is -0.143. The lowest BCUT2D eigenvalue weighted by atomic mass is 10.0. The maximum atomic E-state index is 12.7. The largest absolute Gasteiger partial charge is 0.481 e. The number of rotatable bonds is 7. The Kier molecular flexibility index (Phi) is 5.02. The van der Waals surface area contributed by atoms with Crippen molar-refractivity contribution in [2.75, 3.05) is 6.54 Å². The molecule has 0 aliphatic heterocycles. The fourth-order valence-corrected chi connectivity index (χ4v) is 2.73. The molecular weight excluding hydrogens is 332 g/mol. The third kappa shape index (κ3) is 3.91. The molecule has 134 valence electrons. The molecule has 2 aromatic rings. The first-order valence-corrected chi connectivity index (χ1v) is 8.44. The first-order valence-electron chi connectivity index (χ1n) is 8.44. The van der Waals surface area contributed by atoms with E-state index in [2.05, 4.69) is 10.6 Å². The smallest absolute Gasteiger partial charge is 0.311 e. The monoisotopic (exact) mass is 352 g/mol. The number of carbonyl (C=O) groups is 3. The van der Waals surface area contributed by atoms with Crippen LogP contribution in [0.3, 0.4) is 0 Å². The van der Waals surface area contributed by atoms with E-state index in [4.69, 9.17) is 0 Å². The fourth-order valence-electron chi connectivity index (χ4n) is 2.73. The molecule has 1 aliphatic carbocycles. The molecule has 3 N–H and O–H groups in total. The third-order valence-electron chi connectivity index (χ3n) is 4.61. The van der Waals surface area contributed by atoms with Gasteiger partial charge in [-0.25, -0.2) is 0 Å². The molecule has 3 rings (SSSR count). The van der Waals surface area contributed by atoms with Crippen LogP contribution in [0.2, 0.25) is 0 Å². The van der Waals surface area contributed by atoms with E-state index in [1.807, 2.05) is 6.07 Å². The van der Waals surface area contributed by atoms with Crippen LogP contribution in [0.15, 0.2) is 60.7 Å². The SMILES string of the molecule is O=C(NC(C(=O)NCC1(C(=O)O)CC1)c1ccccc1)c1ccccc1. The first-order chi connectivity index (χ1) is 12.5. The van der Waals surface area contributed by atoms with E-state index in [9.17, 15) is 19.5 Å². The zero-order valence-corrected chi connectivity index (χ0v) is 14.1. The Balaban J connectivity index is 1.74. The second kappa shape index (κ2) is 7.39. The van der Waals surface area contributed by atoms with Crippen LogP contribution in [-0.4, -0.2) is 29.4 Å². The molecule has 6 heteroatoms. The summed E-state index contributed by atoms with van der Waals surface area (Å²) in [5.41, 5.74) is 0.222. The quantitative estimate of drug-likeness (QED) is 0.711. The van der Waals surface area contributed by atoms with E-state index in [0.29, 0.717) is 24.0 Å². The minimum Gasteiger partial charge on any atom is -0.481 e. The van der Waals surface area contributed by atoms with Gasteiger partial charge in [-0.15, -0.1) is 0 Å². The predicted octanol–water partition coefficient (Wildman–Crippen LogP) is 2.14. The van der Waals surface area contributed by atoms with E-state index in [-0.39, 0.29) is 12.5 Å². The number of nitrogens with one attached hydrogen (secondary N) is 2. The van der Waals surface area contributed by atoms with Crippen molar-refractivity contribution >= 4 is 17.8 Å². The Bertz CT molecular complexity index is 801. The predicted molar refractivity (Wildman–Crippen MR) is 95.4 cm³/mol. The van der Waals surface area contributed by atoms with Crippen LogP contribution >= 0.6 is 0 Å². The van der Waals surface area contributed by atoms with Crippen molar-refractivity contribution in [2.45, 2.75) is 18.9 Å². The normalized spacial score (nSPS) is 15.5. The van der Waals surface area contributed by atoms with Crippen LogP contribution < -0.4 is 10.6 Å². The molecule has 0 radical (unpaired) electrons. The number of aliphatic carboxylic acids is 1. The van der Waals surface area contributed by atoms with Gasteiger partial charge in [-0.05, 0) is 30.5 Å². The summed E-state index contributed by atoms with van der Waals surface area (Å²) in [5.74, 6) is -1.69. The van der Waals surface area contributed by atoms with Gasteiger partial charge in [0.2, 0.25) is 5.91 Å². The van der Waals surface area contributed by atoms with Gasteiger partial charge in [-0.2, -0.15) is 0 Å². The maximum Gasteiger partial charge on any atom is 0.311 e. The summed E-state index contributed by atoms with van der Waals surface area (Å²) in [6.45, 7) is 0.0612. The molecular formula is C20H20N2O4. The van der Waals surface area contributed by atoms with Crippen molar-refractivity contribution in [3.05, 3.63) is 71.8 Å². The van der Waals surface area contributed by atoms with Gasteiger partial charge in [-0.3, -0.25) is 14.4 Å². The van der Waals surface area contributed by atoms with Gasteiger partial charge < -0.3 is 15.7 Å². The molecule has 6 nitrogen and oxygen atoms in total. The Morgan fingerprint density at radius 3 is 2.08 bits per heavy atom. The van der Waals surface area contributed by atoms with E-state index in [1.54, 1.807) is 54.6 Å². The molecule has 0 heterocycles. The van der Waals surface area contributed by atoms with Crippen molar-refractivity contribution in [3.8, 4) is 0 Å². The zero-order chi connectivity index (χ0) is 18.6. The summed E-state index contributed by atoms with van der Waals surface area (Å²) < 4.78 is 0. The van der Waals surface area contributed by atoms with Crippen molar-refractivity contribution in [3.63, 3.8) is 0 Å². The van der Waals surface area contributed by atoms with Crippen LogP contribution in [-0.2, 0) is 9.59 Å². The summed E-state index contributed by atoms with van der Waals surface area (Å²) in [6, 6.07) is 16.6. The molecule has 2 aromatic carbocycles. The van der Waals surface area contributed by atoms with Crippen molar-refractivity contribution in [1.82, 2.24) is 10.6 Å². The number of carboxylic acid groups (broad SMARTS) is 1. The number of hydrogen-bond acceptors (Lipinski definition) is 3. The molecule has 1 fully saturated rings. The average molecular weight is 352 g/mol. The average Bonchev–Trinajstić information content (AvgIpc) is 3.47. The van der Waals surface area contributed by atoms with Crippen LogP contribution in [0, 0.1) is 5.41 Å². The summed E-state index contributed by atoms with van der Waals surface area (Å²) in [6.07, 6.45) is 1.10. The van der Waals surface area contributed by atoms with Crippen LogP contribution in [0.25, 0.3) is 0 Å². The number of carbonyl (C=O) groups excluding carboxylic acids is 2. The summed E-state index contributed by atoms with van der Waals surface area (Å²) in [5, 5.41) is 14.7. The minimum absolute atomic E-state index is 0.0612. The Morgan fingerprint density at radius 1 is 0.962 bits per heavy atom. The highest BCUT2D eigenvalue weighted by atomic mass is 16.4. The van der Waals surface area contributed by atoms with Gasteiger partial charge in [0.15, 0.2) is 0 Å². The van der Waals surface area contributed by atoms with Gasteiger partial charge in [-0.1, -0.05) is 48.5 Å². The third-order valence-corrected chi connectivity index (χ3v) is 4.61. The van der Waals surface area contributed by atoms with Crippen LogP contribution in [0.5, 0.6) is 0 Å². The van der Waals surface area contributed by atoms with Gasteiger partial charge in [0.25, 0.3) is 5.91 Å². The highest BCUT2D eigenvalue weighted by molar-refractivity contribution is 5.98. The first kappa shape index (κ1) is 17.7. The maximum absolute atomic E-state index is 12.7. The van der Waals surface area contributed by atoms with Crippen LogP contribution in [0.1, 0.15) is 34.8 Å². The van der Waals surface area contributed by atoms with Gasteiger partial charge in [0, 0.05) is 12.1 Å². The lowest BCUT2D eigenvalue weighted by Crippen LogP contribution is -2.43. The highest BCUT2D eigenvalue weighted by Gasteiger charge is 2.50. The molecule has 0 aromatic heterocycles. The van der Waals surface area contributed by atoms with Crippen molar-refractivity contribution in [2.24, 2.45) is 5.41 Å². The second-order valence-corrected chi connectivity index (χ2v) is 6.49. The highest BCUT2D eigenvalue weighted by Crippen LogP contribution is 2.45. The summed E-state index contributed by atoms with van der Waals surface area (Å²) in [7, 11) is 0. The standard InChI is InChI=1S/C20H20N2O4/c23-17(15-9-5-2-6-10-15)22-16(14-7-3-1-4-8-14)18(24)21-13-20(11-12-20)19(25)26/h1-10,16H,11-13H2,(H,21,24)(H,22,23)(H,25,26). The Hall–Kier alpha value is -3.15. The number of benzene rings is 2. The topological polar surface area (TPSA) is 95.5 Å². The second-order valence-electron chi connectivity index (χ2n) is 6.49. The van der Waals surface area contributed by atoms with Gasteiger partial charge >= 0.3 is 5.97 Å². The van der Waals surface area contributed by atoms with E-state index < -0.39 is 23.3 Å². The molecule has 2 amide bonds. The molecule has 1 saturated carbocycles. The number of hydrogen-bond donors (Lipinski definition) is 3. The minimum atomic E-state index is -0.901. The Morgan fingerprint density at radius 2 is 1.54 bits per heavy atom. The molecule has 1 unspecified atom stereocenters. The fraction of sp³-hybridized carbons (Fsp3) is 0.250. The molecule has 0 saturated heterocycles. The summed E-state index contributed by atoms with van der Waals surface area (Å²) >= 11 is 0. The molecule has 26 heavy (non-hydrogen) atoms. The van der Waals surface area contributed by atoms with Crippen molar-refractivity contribution < 1.29 is 19.5 Å². The summed E-state index contributed by atoms with van der Waals surface area (Å²) in [4.78, 5) is 36.4. The number of amides is 2. The van der Waals surface area contributed by atoms with E-state index in [1.165, 1.54) is 0 Å². The number of carboxylic acids is 1. The van der Waals surface area contributed by atoms with Crippen molar-refractivity contribution in [1.29, 1.82) is 0 Å². The molecule has 0 bridgehead atoms. The van der Waals surface area contributed by atoms with E-state index in [0.717, 1.165) is 0 Å².